The van der Waals surface area contributed by atoms with Gasteiger partial charge < -0.3 is 5.32 Å². The molecule has 0 aromatic rings. The molecule has 1 heterocycles. The molecule has 0 aliphatic carbocycles. The molecule has 0 amide bonds. The van der Waals surface area contributed by atoms with Crippen molar-refractivity contribution in [1.29, 1.82) is 0 Å². The third-order valence-corrected chi connectivity index (χ3v) is 3.35. The first-order chi connectivity index (χ1) is 8.31. The third kappa shape index (κ3) is 2.84. The number of hydrogen-bond donors (Lipinski definition) is 1. The van der Waals surface area contributed by atoms with Crippen molar-refractivity contribution in [2.45, 2.75) is 38.9 Å². The molecule has 18 heavy (non-hydrogen) atoms. The van der Waals surface area contributed by atoms with E-state index in [1.807, 2.05) is 0 Å². The van der Waals surface area contributed by atoms with E-state index in [1.165, 1.54) is 18.9 Å². The number of hydrazone groups is 1. The maximum Gasteiger partial charge on any atom is 0.263 e. The summed E-state index contributed by atoms with van der Waals surface area (Å²) in [4.78, 5) is 10.3. The van der Waals surface area contributed by atoms with Crippen molar-refractivity contribution in [2.24, 2.45) is 5.10 Å². The van der Waals surface area contributed by atoms with Crippen LogP contribution in [0.1, 0.15) is 27.2 Å². The van der Waals surface area contributed by atoms with Crippen LogP contribution in [0.25, 0.3) is 0 Å². The van der Waals surface area contributed by atoms with Crippen LogP contribution in [-0.4, -0.2) is 41.4 Å². The molecule has 2 unspecified atom stereocenters. The third-order valence-electron chi connectivity index (χ3n) is 3.35. The van der Waals surface area contributed by atoms with Crippen molar-refractivity contribution >= 4 is 6.72 Å². The van der Waals surface area contributed by atoms with Gasteiger partial charge in [0.25, 0.3) is 5.70 Å². The number of nitrogens with zero attached hydrogens (tertiary/aromatic N) is 3. The minimum absolute atomic E-state index is 0.0447. The molecule has 102 valence electrons. The first-order valence-corrected chi connectivity index (χ1v) is 5.78. The first-order valence-electron chi connectivity index (χ1n) is 5.78. The highest BCUT2D eigenvalue weighted by atomic mass is 19.1. The van der Waals surface area contributed by atoms with Crippen LogP contribution in [0, 0.1) is 10.1 Å². The highest BCUT2D eigenvalue weighted by molar-refractivity contribution is 5.24. The molecule has 1 saturated heterocycles. The summed E-state index contributed by atoms with van der Waals surface area (Å²) >= 11 is 0. The van der Waals surface area contributed by atoms with E-state index in [9.17, 15) is 14.5 Å². The Bertz CT molecular complexity index is 381. The van der Waals surface area contributed by atoms with Gasteiger partial charge in [-0.2, -0.15) is 5.10 Å². The Morgan fingerprint density at radius 1 is 1.67 bits per heavy atom. The molecule has 1 aliphatic rings. The van der Waals surface area contributed by atoms with Crippen molar-refractivity contribution < 1.29 is 9.31 Å². The van der Waals surface area contributed by atoms with Gasteiger partial charge in [0.2, 0.25) is 0 Å². The molecule has 1 aliphatic heterocycles. The van der Waals surface area contributed by atoms with Crippen LogP contribution in [0.4, 0.5) is 4.39 Å². The molecule has 0 saturated carbocycles. The first kappa shape index (κ1) is 14.6. The summed E-state index contributed by atoms with van der Waals surface area (Å²) in [5, 5.41) is 18.8. The van der Waals surface area contributed by atoms with Crippen LogP contribution >= 0.6 is 0 Å². The van der Waals surface area contributed by atoms with Gasteiger partial charge in [0.15, 0.2) is 0 Å². The summed E-state index contributed by atoms with van der Waals surface area (Å²) in [5.41, 5.74) is -1.22. The van der Waals surface area contributed by atoms with E-state index < -0.39 is 16.6 Å². The Balaban J connectivity index is 3.06. The van der Waals surface area contributed by atoms with Crippen LogP contribution in [0.15, 0.2) is 16.5 Å². The van der Waals surface area contributed by atoms with Gasteiger partial charge >= 0.3 is 0 Å². The molecule has 6 nitrogen and oxygen atoms in total. The lowest BCUT2D eigenvalue weighted by Gasteiger charge is -2.40. The van der Waals surface area contributed by atoms with Crippen LogP contribution in [0.2, 0.25) is 0 Å². The summed E-state index contributed by atoms with van der Waals surface area (Å²) in [7, 11) is 0. The number of piperidine rings is 1. The predicted molar refractivity (Wildman–Crippen MR) is 67.5 cm³/mol. The van der Waals surface area contributed by atoms with Crippen LogP contribution in [0.3, 0.4) is 0 Å². The van der Waals surface area contributed by atoms with Gasteiger partial charge in [-0.3, -0.25) is 15.1 Å². The number of alkyl halides is 1. The number of nitro groups is 1. The summed E-state index contributed by atoms with van der Waals surface area (Å²) in [6.07, 6.45) is 0.522. The Morgan fingerprint density at radius 2 is 2.28 bits per heavy atom. The number of nitrogens with one attached hydrogen (secondary N) is 1. The average molecular weight is 258 g/mol. The van der Waals surface area contributed by atoms with E-state index in [4.69, 9.17) is 0 Å². The second kappa shape index (κ2) is 5.43. The van der Waals surface area contributed by atoms with E-state index in [0.717, 1.165) is 0 Å². The lowest BCUT2D eigenvalue weighted by atomic mass is 9.91. The molecule has 1 rings (SSSR count). The molecule has 0 bridgehead atoms. The van der Waals surface area contributed by atoms with Crippen molar-refractivity contribution in [1.82, 2.24) is 10.3 Å². The second-order valence-corrected chi connectivity index (χ2v) is 4.67. The summed E-state index contributed by atoms with van der Waals surface area (Å²) in [6.45, 7) is 8.66. The Hall–Kier alpha value is -1.50. The molecular formula is C11H19FN4O2. The number of halogens is 1. The van der Waals surface area contributed by atoms with E-state index in [0.29, 0.717) is 18.7 Å². The standard InChI is InChI=1S/C11H19FN4O2/c1-8(9(2)16(17)18)15(13-4)10-5-6-14-7-11(10,3)12/h10,14H,4-7H2,1-3H3/b9-8+. The fourth-order valence-corrected chi connectivity index (χ4v) is 2.10. The van der Waals surface area contributed by atoms with Crippen molar-refractivity contribution in [3.05, 3.63) is 21.5 Å². The monoisotopic (exact) mass is 258 g/mol. The largest absolute Gasteiger partial charge is 0.313 e. The fraction of sp³-hybridized carbons (Fsp3) is 0.727. The average Bonchev–Trinajstić information content (AvgIpc) is 2.30. The van der Waals surface area contributed by atoms with Crippen molar-refractivity contribution in [3.63, 3.8) is 0 Å². The zero-order valence-electron chi connectivity index (χ0n) is 10.9. The second-order valence-electron chi connectivity index (χ2n) is 4.67. The zero-order chi connectivity index (χ0) is 13.9. The quantitative estimate of drug-likeness (QED) is 0.471. The topological polar surface area (TPSA) is 70.8 Å². The summed E-state index contributed by atoms with van der Waals surface area (Å²) in [5.74, 6) is 0. The van der Waals surface area contributed by atoms with Gasteiger partial charge in [-0.1, -0.05) is 0 Å². The van der Waals surface area contributed by atoms with Gasteiger partial charge in [-0.15, -0.1) is 0 Å². The van der Waals surface area contributed by atoms with Crippen molar-refractivity contribution in [2.75, 3.05) is 13.1 Å². The Labute approximate surface area is 106 Å². The zero-order valence-corrected chi connectivity index (χ0v) is 10.9. The van der Waals surface area contributed by atoms with Crippen LogP contribution in [0.5, 0.6) is 0 Å². The van der Waals surface area contributed by atoms with Gasteiger partial charge in [-0.25, -0.2) is 4.39 Å². The molecule has 0 aromatic carbocycles. The minimum atomic E-state index is -1.50. The predicted octanol–water partition coefficient (Wildman–Crippen LogP) is 1.52. The van der Waals surface area contributed by atoms with E-state index in [-0.39, 0.29) is 12.2 Å². The molecule has 1 fully saturated rings. The maximum atomic E-state index is 14.4. The lowest BCUT2D eigenvalue weighted by molar-refractivity contribution is -0.426. The van der Waals surface area contributed by atoms with Gasteiger partial charge in [0.1, 0.15) is 11.4 Å². The Kier molecular flexibility index (Phi) is 4.39. The maximum absolute atomic E-state index is 14.4. The van der Waals surface area contributed by atoms with Gasteiger partial charge in [-0.05, 0) is 26.8 Å². The summed E-state index contributed by atoms with van der Waals surface area (Å²) < 4.78 is 14.4. The molecule has 7 heteroatoms. The number of hydrogen-bond acceptors (Lipinski definition) is 5. The van der Waals surface area contributed by atoms with E-state index in [2.05, 4.69) is 17.1 Å². The molecule has 0 spiro atoms. The van der Waals surface area contributed by atoms with Crippen LogP contribution < -0.4 is 5.32 Å². The molecule has 1 N–H and O–H groups in total. The van der Waals surface area contributed by atoms with E-state index in [1.54, 1.807) is 6.92 Å². The normalized spacial score (nSPS) is 29.4. The van der Waals surface area contributed by atoms with Gasteiger partial charge in [0.05, 0.1) is 11.0 Å². The number of allylic oxidation sites excluding steroid dienone is 2. The Morgan fingerprint density at radius 3 is 2.72 bits per heavy atom. The molecule has 0 aromatic heterocycles. The van der Waals surface area contributed by atoms with E-state index >= 15 is 0 Å². The van der Waals surface area contributed by atoms with Crippen molar-refractivity contribution in [3.8, 4) is 0 Å². The highest BCUT2D eigenvalue weighted by Gasteiger charge is 2.41. The highest BCUT2D eigenvalue weighted by Crippen LogP contribution is 2.29. The molecule has 0 radical (unpaired) electrons. The van der Waals surface area contributed by atoms with Crippen LogP contribution in [-0.2, 0) is 0 Å². The lowest BCUT2D eigenvalue weighted by Crippen LogP contribution is -2.56. The van der Waals surface area contributed by atoms with Gasteiger partial charge in [0, 0.05) is 20.2 Å². The smallest absolute Gasteiger partial charge is 0.263 e. The summed E-state index contributed by atoms with van der Waals surface area (Å²) in [6, 6.07) is -0.536. The fourth-order valence-electron chi connectivity index (χ4n) is 2.10. The number of rotatable bonds is 4. The SMILES string of the molecule is C=NN(/C(C)=C(\C)[N+](=O)[O-])C1CCNCC1(C)F. The molecular weight excluding hydrogens is 239 g/mol. The minimum Gasteiger partial charge on any atom is -0.313 e. The molecule has 2 atom stereocenters.